The van der Waals surface area contributed by atoms with Gasteiger partial charge in [0.2, 0.25) is 5.91 Å². The Balaban J connectivity index is 2.25. The zero-order valence-electron chi connectivity index (χ0n) is 10.3. The molecule has 0 fully saturated rings. The van der Waals surface area contributed by atoms with E-state index in [9.17, 15) is 4.79 Å². The van der Waals surface area contributed by atoms with Crippen molar-refractivity contribution < 1.29 is 9.32 Å². The molecule has 0 aliphatic heterocycles. The average Bonchev–Trinajstić information content (AvgIpc) is 2.79. The maximum atomic E-state index is 11.6. The van der Waals surface area contributed by atoms with Gasteiger partial charge in [0.15, 0.2) is 0 Å². The summed E-state index contributed by atoms with van der Waals surface area (Å²) in [7, 11) is 0. The van der Waals surface area contributed by atoms with E-state index in [0.717, 1.165) is 25.7 Å². The van der Waals surface area contributed by atoms with Crippen molar-refractivity contribution in [1.29, 1.82) is 0 Å². The van der Waals surface area contributed by atoms with Crippen LogP contribution in [0.2, 0.25) is 0 Å². The van der Waals surface area contributed by atoms with Crippen LogP contribution in [0.3, 0.4) is 0 Å². The smallest absolute Gasteiger partial charge is 0.224 e. The van der Waals surface area contributed by atoms with Crippen LogP contribution in [0.4, 0.5) is 5.69 Å². The average molecular weight is 239 g/mol. The molecular formula is C12H21N3O2. The predicted molar refractivity (Wildman–Crippen MR) is 66.4 cm³/mol. The molecule has 1 unspecified atom stereocenters. The zero-order chi connectivity index (χ0) is 12.5. The molecule has 1 atom stereocenters. The van der Waals surface area contributed by atoms with Crippen molar-refractivity contribution in [3.8, 4) is 0 Å². The maximum absolute atomic E-state index is 11.6. The first-order valence-electron chi connectivity index (χ1n) is 6.15. The van der Waals surface area contributed by atoms with Crippen LogP contribution >= 0.6 is 0 Å². The second-order valence-electron chi connectivity index (χ2n) is 4.23. The molecule has 17 heavy (non-hydrogen) atoms. The van der Waals surface area contributed by atoms with E-state index in [1.807, 2.05) is 0 Å². The van der Waals surface area contributed by atoms with Crippen LogP contribution in [0.15, 0.2) is 17.0 Å². The number of amides is 1. The van der Waals surface area contributed by atoms with Gasteiger partial charge < -0.3 is 15.6 Å². The Hall–Kier alpha value is -1.36. The third-order valence-corrected chi connectivity index (χ3v) is 2.77. The van der Waals surface area contributed by atoms with E-state index in [0.29, 0.717) is 24.6 Å². The molecule has 96 valence electrons. The van der Waals surface area contributed by atoms with Crippen LogP contribution in [0.1, 0.15) is 39.0 Å². The molecule has 0 saturated heterocycles. The van der Waals surface area contributed by atoms with Gasteiger partial charge in [-0.05, 0) is 25.3 Å². The van der Waals surface area contributed by atoms with E-state index < -0.39 is 0 Å². The molecule has 0 aliphatic rings. The Labute approximate surface area is 102 Å². The lowest BCUT2D eigenvalue weighted by Gasteiger charge is -2.14. The number of aromatic nitrogens is 1. The van der Waals surface area contributed by atoms with E-state index in [-0.39, 0.29) is 5.91 Å². The largest absolute Gasteiger partial charge is 0.363 e. The van der Waals surface area contributed by atoms with Crippen LogP contribution in [0, 0.1) is 5.92 Å². The molecule has 0 radical (unpaired) electrons. The normalized spacial score (nSPS) is 12.4. The molecule has 1 heterocycles. The van der Waals surface area contributed by atoms with Gasteiger partial charge >= 0.3 is 0 Å². The summed E-state index contributed by atoms with van der Waals surface area (Å²) < 4.78 is 4.64. The second-order valence-corrected chi connectivity index (χ2v) is 4.23. The van der Waals surface area contributed by atoms with Crippen molar-refractivity contribution in [1.82, 2.24) is 5.16 Å². The van der Waals surface area contributed by atoms with E-state index in [1.165, 1.54) is 12.5 Å². The van der Waals surface area contributed by atoms with Gasteiger partial charge in [-0.3, -0.25) is 4.79 Å². The summed E-state index contributed by atoms with van der Waals surface area (Å²) in [6.45, 7) is 2.85. The molecule has 0 spiro atoms. The Morgan fingerprint density at radius 2 is 2.35 bits per heavy atom. The van der Waals surface area contributed by atoms with Crippen LogP contribution < -0.4 is 11.1 Å². The number of carbonyl (C=O) groups excluding carboxylic acids is 1. The monoisotopic (exact) mass is 239 g/mol. The van der Waals surface area contributed by atoms with Crippen molar-refractivity contribution in [3.05, 3.63) is 12.5 Å². The summed E-state index contributed by atoms with van der Waals surface area (Å²) in [5, 5.41) is 6.26. The highest BCUT2D eigenvalue weighted by molar-refractivity contribution is 5.90. The Bertz CT molecular complexity index is 306. The van der Waals surface area contributed by atoms with Crippen molar-refractivity contribution >= 4 is 11.6 Å². The molecule has 5 nitrogen and oxygen atoms in total. The fourth-order valence-corrected chi connectivity index (χ4v) is 1.90. The Morgan fingerprint density at radius 3 is 2.94 bits per heavy atom. The standard InChI is InChI=1S/C12H21N3O2/c1-2-3-10(6-7-13)4-5-12(16)15-11-8-14-17-9-11/h8-10H,2-7,13H2,1H3,(H,15,16). The van der Waals surface area contributed by atoms with Crippen molar-refractivity contribution in [2.75, 3.05) is 11.9 Å². The highest BCUT2D eigenvalue weighted by atomic mass is 16.5. The van der Waals surface area contributed by atoms with E-state index in [4.69, 9.17) is 5.73 Å². The molecule has 0 bridgehead atoms. The molecule has 0 aliphatic carbocycles. The van der Waals surface area contributed by atoms with Crippen LogP contribution in [0.5, 0.6) is 0 Å². The van der Waals surface area contributed by atoms with Crippen LogP contribution in [-0.4, -0.2) is 17.6 Å². The van der Waals surface area contributed by atoms with Gasteiger partial charge in [0, 0.05) is 6.42 Å². The molecule has 1 amide bonds. The lowest BCUT2D eigenvalue weighted by molar-refractivity contribution is -0.116. The summed E-state index contributed by atoms with van der Waals surface area (Å²) in [5.41, 5.74) is 6.17. The number of hydrogen-bond donors (Lipinski definition) is 2. The fourth-order valence-electron chi connectivity index (χ4n) is 1.90. The van der Waals surface area contributed by atoms with Crippen molar-refractivity contribution in [2.24, 2.45) is 11.7 Å². The molecule has 1 rings (SSSR count). The number of carbonyl (C=O) groups is 1. The first-order chi connectivity index (χ1) is 8.26. The first-order valence-corrected chi connectivity index (χ1v) is 6.15. The summed E-state index contributed by atoms with van der Waals surface area (Å²) in [5.74, 6) is 0.560. The Morgan fingerprint density at radius 1 is 1.53 bits per heavy atom. The number of nitrogens with two attached hydrogens (primary N) is 1. The molecular weight excluding hydrogens is 218 g/mol. The number of hydrogen-bond acceptors (Lipinski definition) is 4. The summed E-state index contributed by atoms with van der Waals surface area (Å²) in [6.07, 6.45) is 7.59. The summed E-state index contributed by atoms with van der Waals surface area (Å²) >= 11 is 0. The first kappa shape index (κ1) is 13.7. The Kier molecular flexibility index (Phi) is 6.32. The summed E-state index contributed by atoms with van der Waals surface area (Å²) in [6, 6.07) is 0. The molecule has 3 N–H and O–H groups in total. The van der Waals surface area contributed by atoms with Crippen LogP contribution in [-0.2, 0) is 4.79 Å². The molecule has 0 saturated carbocycles. The van der Waals surface area contributed by atoms with Gasteiger partial charge in [0.05, 0.1) is 6.20 Å². The maximum Gasteiger partial charge on any atom is 0.224 e. The number of nitrogens with zero attached hydrogens (tertiary/aromatic N) is 1. The van der Waals surface area contributed by atoms with E-state index >= 15 is 0 Å². The lowest BCUT2D eigenvalue weighted by atomic mass is 9.94. The van der Waals surface area contributed by atoms with Crippen LogP contribution in [0.25, 0.3) is 0 Å². The SMILES string of the molecule is CCCC(CCN)CCC(=O)Nc1cnoc1. The third kappa shape index (κ3) is 5.49. The highest BCUT2D eigenvalue weighted by Crippen LogP contribution is 2.17. The van der Waals surface area contributed by atoms with Gasteiger partial charge in [-0.15, -0.1) is 0 Å². The second kappa shape index (κ2) is 7.84. The minimum absolute atomic E-state index is 0.00586. The highest BCUT2D eigenvalue weighted by Gasteiger charge is 2.10. The molecule has 1 aromatic rings. The minimum atomic E-state index is 0.00586. The topological polar surface area (TPSA) is 81.2 Å². The molecule has 0 aromatic carbocycles. The van der Waals surface area contributed by atoms with E-state index in [1.54, 1.807) is 0 Å². The fraction of sp³-hybridized carbons (Fsp3) is 0.667. The molecule has 5 heteroatoms. The van der Waals surface area contributed by atoms with Gasteiger partial charge in [0.1, 0.15) is 12.0 Å². The quantitative estimate of drug-likeness (QED) is 0.728. The number of anilines is 1. The van der Waals surface area contributed by atoms with E-state index in [2.05, 4.69) is 21.9 Å². The van der Waals surface area contributed by atoms with Crippen molar-refractivity contribution in [2.45, 2.75) is 39.0 Å². The lowest BCUT2D eigenvalue weighted by Crippen LogP contribution is -2.15. The van der Waals surface area contributed by atoms with Gasteiger partial charge in [-0.25, -0.2) is 0 Å². The minimum Gasteiger partial charge on any atom is -0.363 e. The number of rotatable bonds is 8. The molecule has 1 aromatic heterocycles. The van der Waals surface area contributed by atoms with Gasteiger partial charge in [0.25, 0.3) is 0 Å². The van der Waals surface area contributed by atoms with Gasteiger partial charge in [-0.1, -0.05) is 24.9 Å². The van der Waals surface area contributed by atoms with Crippen molar-refractivity contribution in [3.63, 3.8) is 0 Å². The summed E-state index contributed by atoms with van der Waals surface area (Å²) in [4.78, 5) is 11.6. The third-order valence-electron chi connectivity index (χ3n) is 2.77. The predicted octanol–water partition coefficient (Wildman–Crippen LogP) is 2.16. The number of nitrogens with one attached hydrogen (secondary N) is 1. The van der Waals surface area contributed by atoms with Gasteiger partial charge in [-0.2, -0.15) is 0 Å². The zero-order valence-corrected chi connectivity index (χ0v) is 10.3.